The molecule has 3 nitrogen and oxygen atoms in total. The number of alkyl halides is 3. The van der Waals surface area contributed by atoms with Crippen LogP contribution in [0, 0.1) is 16.9 Å². The summed E-state index contributed by atoms with van der Waals surface area (Å²) in [7, 11) is 0. The monoisotopic (exact) mass is 899 g/mol. The first-order valence-electron chi connectivity index (χ1n) is 18.0. The summed E-state index contributed by atoms with van der Waals surface area (Å²) in [6.07, 6.45) is -1.19. The van der Waals surface area contributed by atoms with Crippen molar-refractivity contribution in [3.63, 3.8) is 0 Å². The number of carbonyl (C=O) groups is 1. The molecule has 4 aromatic carbocycles. The van der Waals surface area contributed by atoms with E-state index >= 15 is 0 Å². The number of carbonyl (C=O) groups excluding carboxylic acids is 1. The number of halogens is 3. The van der Waals surface area contributed by atoms with Crippen LogP contribution in [0.1, 0.15) is 123 Å². The number of fused-ring (bicyclic) bond motifs is 7. The number of benzene rings is 4. The molecule has 0 saturated heterocycles. The fourth-order valence-electron chi connectivity index (χ4n) is 6.75. The molecular weight excluding hydrogens is 848 g/mol. The van der Waals surface area contributed by atoms with Crippen molar-refractivity contribution < 1.29 is 43.2 Å². The van der Waals surface area contributed by atoms with Crippen molar-refractivity contribution in [2.75, 3.05) is 0 Å². The van der Waals surface area contributed by atoms with Crippen molar-refractivity contribution in [2.24, 2.45) is 10.8 Å². The van der Waals surface area contributed by atoms with Gasteiger partial charge < -0.3 is 10.1 Å². The fraction of sp³-hybridized carbons (Fsp3) is 0.391. The van der Waals surface area contributed by atoms with Gasteiger partial charge in [0.05, 0.1) is 5.56 Å². The van der Waals surface area contributed by atoms with E-state index in [1.165, 1.54) is 29.3 Å². The molecule has 1 heterocycles. The maximum atomic E-state index is 13.6. The molecule has 1 aromatic heterocycles. The number of aliphatic hydroxyl groups is 1. The number of nitrogens with zero attached hydrogens (tertiary/aromatic N) is 1. The summed E-state index contributed by atoms with van der Waals surface area (Å²) in [4.78, 5) is 16.3. The molecule has 0 aliphatic heterocycles. The van der Waals surface area contributed by atoms with Gasteiger partial charge in [0.1, 0.15) is 5.76 Å². The third-order valence-electron chi connectivity index (χ3n) is 10.1. The second-order valence-electron chi connectivity index (χ2n) is 17.3. The summed E-state index contributed by atoms with van der Waals surface area (Å²) in [5, 5.41) is 13.8. The van der Waals surface area contributed by atoms with Crippen molar-refractivity contribution in [1.82, 2.24) is 4.98 Å². The van der Waals surface area contributed by atoms with Gasteiger partial charge in [-0.1, -0.05) is 113 Å². The van der Waals surface area contributed by atoms with E-state index in [1.807, 2.05) is 59.9 Å². The number of hydrogen-bond acceptors (Lipinski definition) is 3. The number of aromatic nitrogens is 1. The molecule has 0 saturated carbocycles. The van der Waals surface area contributed by atoms with Gasteiger partial charge in [0.15, 0.2) is 5.78 Å². The minimum atomic E-state index is -4.38. The number of ketones is 1. The molecule has 1 radical (unpaired) electrons. The maximum absolute atomic E-state index is 13.6. The molecule has 0 bridgehead atoms. The number of rotatable bonds is 4. The Morgan fingerprint density at radius 1 is 0.774 bits per heavy atom. The molecule has 0 spiro atoms. The van der Waals surface area contributed by atoms with Gasteiger partial charge in [0, 0.05) is 48.6 Å². The molecule has 1 aliphatic carbocycles. The summed E-state index contributed by atoms with van der Waals surface area (Å²) in [6.45, 7) is 24.1. The molecule has 1 aliphatic rings. The SMILES string of the molecule is CC(C)(C)C(=O)/C=C(\O)C(C)(C)C.CC(C)c1[c-]c(-c2nccc3c2ccc2c4c(ccc23)-c2cc(C(F)(F)F)ccc2C4(C)C)cc(C(C)C)c1.[Ir]. The number of pyridine rings is 1. The smallest absolute Gasteiger partial charge is 0.416 e. The first-order valence-corrected chi connectivity index (χ1v) is 18.0. The Hall–Kier alpha value is -3.80. The second-order valence-corrected chi connectivity index (χ2v) is 17.3. The first-order chi connectivity index (χ1) is 23.9. The van der Waals surface area contributed by atoms with Gasteiger partial charge in [-0.05, 0) is 79.5 Å². The minimum Gasteiger partial charge on any atom is -0.512 e. The average molecular weight is 899 g/mol. The fourth-order valence-corrected chi connectivity index (χ4v) is 6.75. The molecule has 7 heteroatoms. The zero-order chi connectivity index (χ0) is 38.7. The van der Waals surface area contributed by atoms with Gasteiger partial charge in [0.25, 0.3) is 0 Å². The maximum Gasteiger partial charge on any atom is 0.416 e. The van der Waals surface area contributed by atoms with Crippen LogP contribution in [-0.2, 0) is 36.5 Å². The molecule has 1 N–H and O–H groups in total. The Morgan fingerprint density at radius 3 is 1.94 bits per heavy atom. The zero-order valence-electron chi connectivity index (χ0n) is 32.9. The summed E-state index contributed by atoms with van der Waals surface area (Å²) >= 11 is 0. The summed E-state index contributed by atoms with van der Waals surface area (Å²) in [6, 6.07) is 22.6. The Kier molecular flexibility index (Phi) is 11.7. The molecule has 283 valence electrons. The Labute approximate surface area is 326 Å². The molecule has 0 amide bonds. The van der Waals surface area contributed by atoms with E-state index < -0.39 is 22.6 Å². The van der Waals surface area contributed by atoms with E-state index in [2.05, 4.69) is 77.9 Å². The van der Waals surface area contributed by atoms with E-state index in [-0.39, 0.29) is 37.1 Å². The molecule has 5 aromatic rings. The molecule has 6 rings (SSSR count). The van der Waals surface area contributed by atoms with Crippen LogP contribution in [-0.4, -0.2) is 15.9 Å². The third kappa shape index (κ3) is 8.32. The van der Waals surface area contributed by atoms with E-state index in [4.69, 9.17) is 4.98 Å². The van der Waals surface area contributed by atoms with Gasteiger partial charge in [-0.15, -0.1) is 34.9 Å². The number of hydrogen-bond donors (Lipinski definition) is 1. The van der Waals surface area contributed by atoms with Crippen LogP contribution in [0.15, 0.2) is 78.7 Å². The molecule has 0 unspecified atom stereocenters. The topological polar surface area (TPSA) is 50.2 Å². The van der Waals surface area contributed by atoms with E-state index in [9.17, 15) is 23.1 Å². The Morgan fingerprint density at radius 2 is 1.38 bits per heavy atom. The summed E-state index contributed by atoms with van der Waals surface area (Å²) in [5.41, 5.74) is 6.07. The van der Waals surface area contributed by atoms with Crippen LogP contribution in [0.2, 0.25) is 0 Å². The predicted octanol–water partition coefficient (Wildman–Crippen LogP) is 13.5. The predicted molar refractivity (Wildman–Crippen MR) is 209 cm³/mol. The largest absolute Gasteiger partial charge is 0.512 e. The second kappa shape index (κ2) is 14.8. The number of aliphatic hydroxyl groups excluding tert-OH is 1. The van der Waals surface area contributed by atoms with Crippen molar-refractivity contribution in [3.05, 3.63) is 113 Å². The van der Waals surface area contributed by atoms with Crippen LogP contribution in [0.5, 0.6) is 0 Å². The normalized spacial score (nSPS) is 14.2. The average Bonchev–Trinajstić information content (AvgIpc) is 3.28. The van der Waals surface area contributed by atoms with Crippen LogP contribution in [0.3, 0.4) is 0 Å². The standard InChI is InChI=1S/C35H31F3N.C11H20O2.Ir/c1-19(2)21-15-22(20(3)4)17-23(16-21)33-29-11-10-27-25(26(29)13-14-39-33)8-9-28-30-18-24(35(36,37)38)7-12-31(30)34(5,6)32(27)28;1-10(2,3)8(12)7-9(13)11(4,5)6;/h7-16,18-20H,1-6H3;7,12H,1-6H3;/q-1;;/b;8-7-;. The van der Waals surface area contributed by atoms with Gasteiger partial charge in [-0.2, -0.15) is 13.2 Å². The van der Waals surface area contributed by atoms with Crippen LogP contribution in [0.4, 0.5) is 13.2 Å². The van der Waals surface area contributed by atoms with Crippen LogP contribution >= 0.6 is 0 Å². The Bertz CT molecular complexity index is 2190. The zero-order valence-corrected chi connectivity index (χ0v) is 35.2. The van der Waals surface area contributed by atoms with Crippen molar-refractivity contribution in [3.8, 4) is 22.4 Å². The molecule has 0 atom stereocenters. The minimum absolute atomic E-state index is 0. The Balaban J connectivity index is 0.000000386. The van der Waals surface area contributed by atoms with Crippen LogP contribution in [0.25, 0.3) is 43.9 Å². The first kappa shape index (κ1) is 41.9. The molecule has 53 heavy (non-hydrogen) atoms. The van der Waals surface area contributed by atoms with Crippen molar-refractivity contribution in [1.29, 1.82) is 0 Å². The van der Waals surface area contributed by atoms with E-state index in [0.717, 1.165) is 49.5 Å². The van der Waals surface area contributed by atoms with Crippen LogP contribution < -0.4 is 0 Å². The number of allylic oxidation sites excluding steroid dienone is 2. The van der Waals surface area contributed by atoms with E-state index in [1.54, 1.807) is 6.07 Å². The van der Waals surface area contributed by atoms with E-state index in [0.29, 0.717) is 17.4 Å². The van der Waals surface area contributed by atoms with Gasteiger partial charge in [-0.25, -0.2) is 0 Å². The summed E-state index contributed by atoms with van der Waals surface area (Å²) < 4.78 is 40.7. The van der Waals surface area contributed by atoms with Gasteiger partial charge in [0.2, 0.25) is 0 Å². The summed E-state index contributed by atoms with van der Waals surface area (Å²) in [5.74, 6) is 0.839. The van der Waals surface area contributed by atoms with Crippen molar-refractivity contribution >= 4 is 27.3 Å². The van der Waals surface area contributed by atoms with Gasteiger partial charge in [-0.3, -0.25) is 4.79 Å². The quantitative estimate of drug-likeness (QED) is 0.0846. The molecular formula is C46H51F3IrNO2-. The molecule has 0 fully saturated rings. The van der Waals surface area contributed by atoms with Crippen molar-refractivity contribution in [2.45, 2.75) is 107 Å². The third-order valence-corrected chi connectivity index (χ3v) is 10.1. The van der Waals surface area contributed by atoms with Gasteiger partial charge >= 0.3 is 6.18 Å².